The fraction of sp³-hybridized carbons (Fsp3) is 0.533. The first kappa shape index (κ1) is 12.6. The van der Waals surface area contributed by atoms with Crippen molar-refractivity contribution in [2.75, 3.05) is 0 Å². The van der Waals surface area contributed by atoms with Crippen LogP contribution in [0.15, 0.2) is 24.3 Å². The predicted octanol–water partition coefficient (Wildman–Crippen LogP) is 1.89. The van der Waals surface area contributed by atoms with E-state index in [1.165, 1.54) is 11.1 Å². The summed E-state index contributed by atoms with van der Waals surface area (Å²) in [6.45, 7) is 1.83. The molecular formula is C15H19NO3. The zero-order chi connectivity index (χ0) is 13.4. The van der Waals surface area contributed by atoms with E-state index in [0.29, 0.717) is 0 Å². The van der Waals surface area contributed by atoms with E-state index in [4.69, 9.17) is 4.74 Å². The van der Waals surface area contributed by atoms with Gasteiger partial charge in [-0.1, -0.05) is 24.3 Å². The number of ether oxygens (including phenoxy) is 1. The largest absolute Gasteiger partial charge is 0.480 e. The number of carboxylic acids is 1. The molecule has 0 bridgehead atoms. The highest BCUT2D eigenvalue weighted by Gasteiger charge is 2.40. The predicted molar refractivity (Wildman–Crippen MR) is 71.0 cm³/mol. The standard InChI is InChI=1S/C15H19NO3/c1-9-13(15(17)18)16-12-8-4-6-10-5-2-3-7-11(10)14(12)19-9/h2-3,5,7,9,12-14,16H,4,6,8H2,1H3,(H,17,18). The first-order valence-electron chi connectivity index (χ1n) is 6.89. The fourth-order valence-electron chi connectivity index (χ4n) is 3.21. The number of benzene rings is 1. The lowest BCUT2D eigenvalue weighted by atomic mass is 9.95. The van der Waals surface area contributed by atoms with Crippen LogP contribution in [0.25, 0.3) is 0 Å². The molecule has 19 heavy (non-hydrogen) atoms. The molecule has 4 heteroatoms. The van der Waals surface area contributed by atoms with E-state index in [0.717, 1.165) is 19.3 Å². The maximum Gasteiger partial charge on any atom is 0.323 e. The number of fused-ring (bicyclic) bond motifs is 3. The van der Waals surface area contributed by atoms with Gasteiger partial charge in [0.15, 0.2) is 0 Å². The molecule has 1 saturated heterocycles. The lowest BCUT2D eigenvalue weighted by molar-refractivity contribution is -0.153. The molecule has 4 atom stereocenters. The molecule has 102 valence electrons. The Morgan fingerprint density at radius 2 is 2.21 bits per heavy atom. The fourth-order valence-corrected chi connectivity index (χ4v) is 3.21. The molecule has 0 radical (unpaired) electrons. The second kappa shape index (κ2) is 4.94. The minimum atomic E-state index is -0.830. The summed E-state index contributed by atoms with van der Waals surface area (Å²) in [7, 11) is 0. The average Bonchev–Trinajstić information content (AvgIpc) is 2.57. The Kier molecular flexibility index (Phi) is 3.29. The smallest absolute Gasteiger partial charge is 0.323 e. The highest BCUT2D eigenvalue weighted by Crippen LogP contribution is 2.35. The third kappa shape index (κ3) is 2.26. The number of rotatable bonds is 1. The van der Waals surface area contributed by atoms with Crippen LogP contribution in [-0.2, 0) is 16.0 Å². The van der Waals surface area contributed by atoms with Gasteiger partial charge < -0.3 is 9.84 Å². The zero-order valence-corrected chi connectivity index (χ0v) is 11.0. The highest BCUT2D eigenvalue weighted by atomic mass is 16.5. The Balaban J connectivity index is 1.92. The number of hydrogen-bond donors (Lipinski definition) is 2. The summed E-state index contributed by atoms with van der Waals surface area (Å²) in [4.78, 5) is 11.2. The van der Waals surface area contributed by atoms with Crippen LogP contribution in [0, 0.1) is 0 Å². The molecule has 0 amide bonds. The van der Waals surface area contributed by atoms with Gasteiger partial charge in [-0.3, -0.25) is 10.1 Å². The summed E-state index contributed by atoms with van der Waals surface area (Å²) in [5, 5.41) is 12.5. The molecule has 1 heterocycles. The summed E-state index contributed by atoms with van der Waals surface area (Å²) >= 11 is 0. The molecule has 1 aliphatic heterocycles. The van der Waals surface area contributed by atoms with Crippen LogP contribution >= 0.6 is 0 Å². The molecule has 4 nitrogen and oxygen atoms in total. The molecule has 2 aliphatic rings. The van der Waals surface area contributed by atoms with Crippen molar-refractivity contribution in [1.29, 1.82) is 0 Å². The monoisotopic (exact) mass is 261 g/mol. The topological polar surface area (TPSA) is 58.6 Å². The van der Waals surface area contributed by atoms with Gasteiger partial charge in [0.05, 0.1) is 12.2 Å². The first-order chi connectivity index (χ1) is 9.16. The van der Waals surface area contributed by atoms with Gasteiger partial charge in [-0.2, -0.15) is 0 Å². The van der Waals surface area contributed by atoms with Crippen LogP contribution < -0.4 is 5.32 Å². The van der Waals surface area contributed by atoms with Crippen molar-refractivity contribution in [3.8, 4) is 0 Å². The Bertz CT molecular complexity index is 488. The van der Waals surface area contributed by atoms with Crippen molar-refractivity contribution in [2.24, 2.45) is 0 Å². The number of morpholine rings is 1. The average molecular weight is 261 g/mol. The van der Waals surface area contributed by atoms with E-state index in [1.54, 1.807) is 0 Å². The number of hydrogen-bond acceptors (Lipinski definition) is 3. The van der Waals surface area contributed by atoms with Gasteiger partial charge >= 0.3 is 5.97 Å². The molecule has 1 fully saturated rings. The second-order valence-electron chi connectivity index (χ2n) is 5.44. The van der Waals surface area contributed by atoms with Crippen molar-refractivity contribution in [1.82, 2.24) is 5.32 Å². The molecule has 0 aromatic heterocycles. The molecule has 2 N–H and O–H groups in total. The minimum absolute atomic E-state index is 0.0238. The van der Waals surface area contributed by atoms with Crippen molar-refractivity contribution in [2.45, 2.75) is 50.5 Å². The summed E-state index contributed by atoms with van der Waals surface area (Å²) in [6.07, 6.45) is 2.72. The van der Waals surface area contributed by atoms with Gasteiger partial charge in [0.1, 0.15) is 6.04 Å². The SMILES string of the molecule is CC1OC2c3ccccc3CCCC2NC1C(=O)O. The molecule has 1 aromatic carbocycles. The van der Waals surface area contributed by atoms with E-state index in [1.807, 2.05) is 13.0 Å². The van der Waals surface area contributed by atoms with Crippen LogP contribution in [0.3, 0.4) is 0 Å². The normalized spacial score (nSPS) is 33.9. The Morgan fingerprint density at radius 1 is 1.42 bits per heavy atom. The molecule has 1 aromatic rings. The van der Waals surface area contributed by atoms with Gasteiger partial charge in [-0.15, -0.1) is 0 Å². The van der Waals surface area contributed by atoms with E-state index < -0.39 is 12.0 Å². The number of carboxylic acid groups (broad SMARTS) is 1. The minimum Gasteiger partial charge on any atom is -0.480 e. The summed E-state index contributed by atoms with van der Waals surface area (Å²) in [6, 6.07) is 7.83. The molecule has 0 saturated carbocycles. The maximum absolute atomic E-state index is 11.2. The molecule has 1 aliphatic carbocycles. The molecular weight excluding hydrogens is 242 g/mol. The van der Waals surface area contributed by atoms with Gasteiger partial charge in [0.25, 0.3) is 0 Å². The lowest BCUT2D eigenvalue weighted by Gasteiger charge is -2.39. The third-order valence-corrected chi connectivity index (χ3v) is 4.18. The van der Waals surface area contributed by atoms with E-state index in [2.05, 4.69) is 23.5 Å². The van der Waals surface area contributed by atoms with E-state index in [9.17, 15) is 9.90 Å². The Hall–Kier alpha value is -1.39. The lowest BCUT2D eigenvalue weighted by Crippen LogP contribution is -2.57. The van der Waals surface area contributed by atoms with Gasteiger partial charge in [0, 0.05) is 6.04 Å². The number of carbonyl (C=O) groups is 1. The van der Waals surface area contributed by atoms with Crippen molar-refractivity contribution in [3.05, 3.63) is 35.4 Å². The van der Waals surface area contributed by atoms with Crippen LogP contribution in [0.2, 0.25) is 0 Å². The molecule has 3 rings (SSSR count). The highest BCUT2D eigenvalue weighted by molar-refractivity contribution is 5.74. The van der Waals surface area contributed by atoms with Crippen molar-refractivity contribution in [3.63, 3.8) is 0 Å². The Labute approximate surface area is 112 Å². The quantitative estimate of drug-likeness (QED) is 0.810. The summed E-state index contributed by atoms with van der Waals surface area (Å²) < 4.78 is 6.03. The number of nitrogens with one attached hydrogen (secondary N) is 1. The van der Waals surface area contributed by atoms with Crippen LogP contribution in [-0.4, -0.2) is 29.3 Å². The third-order valence-electron chi connectivity index (χ3n) is 4.18. The van der Waals surface area contributed by atoms with Crippen LogP contribution in [0.1, 0.15) is 37.0 Å². The summed E-state index contributed by atoms with van der Waals surface area (Å²) in [5.41, 5.74) is 2.55. The Morgan fingerprint density at radius 3 is 3.00 bits per heavy atom. The van der Waals surface area contributed by atoms with Crippen molar-refractivity contribution >= 4 is 5.97 Å². The molecule has 4 unspecified atom stereocenters. The van der Waals surface area contributed by atoms with E-state index in [-0.39, 0.29) is 18.2 Å². The van der Waals surface area contributed by atoms with E-state index >= 15 is 0 Å². The first-order valence-corrected chi connectivity index (χ1v) is 6.89. The zero-order valence-electron chi connectivity index (χ0n) is 11.0. The van der Waals surface area contributed by atoms with Crippen LogP contribution in [0.4, 0.5) is 0 Å². The molecule has 0 spiro atoms. The van der Waals surface area contributed by atoms with Gasteiger partial charge in [0.2, 0.25) is 0 Å². The number of aryl methyl sites for hydroxylation is 1. The van der Waals surface area contributed by atoms with Crippen LogP contribution in [0.5, 0.6) is 0 Å². The van der Waals surface area contributed by atoms with Crippen molar-refractivity contribution < 1.29 is 14.6 Å². The second-order valence-corrected chi connectivity index (χ2v) is 5.44. The maximum atomic E-state index is 11.2. The van der Waals surface area contributed by atoms with Gasteiger partial charge in [-0.25, -0.2) is 0 Å². The summed E-state index contributed by atoms with van der Waals surface area (Å²) in [5.74, 6) is -0.830. The number of aliphatic carboxylic acids is 1. The van der Waals surface area contributed by atoms with Gasteiger partial charge in [-0.05, 0) is 37.3 Å².